The van der Waals surface area contributed by atoms with Crippen LogP contribution in [0.3, 0.4) is 0 Å². The first-order valence-corrected chi connectivity index (χ1v) is 9.20. The van der Waals surface area contributed by atoms with E-state index < -0.39 is 28.0 Å². The number of hydrogen-bond acceptors (Lipinski definition) is 4. The number of carbonyl (C=O) groups excluding carboxylic acids is 1. The molecule has 0 spiro atoms. The number of benzene rings is 1. The van der Waals surface area contributed by atoms with Gasteiger partial charge in [-0.05, 0) is 57.0 Å². The summed E-state index contributed by atoms with van der Waals surface area (Å²) >= 11 is -1.41. The molecule has 3 atom stereocenters. The summed E-state index contributed by atoms with van der Waals surface area (Å²) in [5.41, 5.74) is 0.144. The Kier molecular flexibility index (Phi) is 6.06. The lowest BCUT2D eigenvalue weighted by Crippen LogP contribution is -2.43. The highest BCUT2D eigenvalue weighted by Gasteiger charge is 2.42. The van der Waals surface area contributed by atoms with Gasteiger partial charge in [-0.2, -0.15) is 0 Å². The molecule has 4 nitrogen and oxygen atoms in total. The van der Waals surface area contributed by atoms with Crippen molar-refractivity contribution < 1.29 is 18.5 Å². The van der Waals surface area contributed by atoms with Gasteiger partial charge >= 0.3 is 5.97 Å². The third-order valence-electron chi connectivity index (χ3n) is 3.67. The van der Waals surface area contributed by atoms with Gasteiger partial charge in [0.25, 0.3) is 0 Å². The van der Waals surface area contributed by atoms with E-state index >= 15 is 0 Å². The molecule has 1 heterocycles. The highest BCUT2D eigenvalue weighted by molar-refractivity contribution is 7.92. The summed E-state index contributed by atoms with van der Waals surface area (Å²) < 4.78 is 31.3. The van der Waals surface area contributed by atoms with Crippen LogP contribution in [0.5, 0.6) is 0 Å². The Hall–Kier alpha value is -1.11. The lowest BCUT2D eigenvalue weighted by molar-refractivity contribution is -0.155. The van der Waals surface area contributed by atoms with Crippen LogP contribution in [0, 0.1) is 11.7 Å². The lowest BCUT2D eigenvalue weighted by atomic mass is 10.0. The Labute approximate surface area is 140 Å². The van der Waals surface area contributed by atoms with E-state index in [1.54, 1.807) is 32.9 Å². The predicted octanol–water partition coefficient (Wildman–Crippen LogP) is 2.39. The molecule has 0 amide bonds. The minimum atomic E-state index is -1.41. The molecule has 0 radical (unpaired) electrons. The molecule has 1 aromatic rings. The summed E-state index contributed by atoms with van der Waals surface area (Å²) in [5, 5.41) is 2.55. The Morgan fingerprint density at radius 2 is 2.09 bits per heavy atom. The number of halogens is 1. The Morgan fingerprint density at radius 1 is 1.43 bits per heavy atom. The van der Waals surface area contributed by atoms with Crippen molar-refractivity contribution in [1.29, 1.82) is 0 Å². The van der Waals surface area contributed by atoms with E-state index in [1.807, 2.05) is 0 Å². The van der Waals surface area contributed by atoms with Crippen LogP contribution in [0.25, 0.3) is 0 Å². The topological polar surface area (TPSA) is 61.4 Å². The Balaban J connectivity index is 2.11. The summed E-state index contributed by atoms with van der Waals surface area (Å²) in [4.78, 5) is 12.5. The first-order chi connectivity index (χ1) is 10.8. The van der Waals surface area contributed by atoms with Crippen molar-refractivity contribution in [2.45, 2.75) is 43.8 Å². The summed E-state index contributed by atoms with van der Waals surface area (Å²) in [6.45, 7) is 6.89. The van der Waals surface area contributed by atoms with Crippen LogP contribution in [-0.2, 0) is 26.5 Å². The van der Waals surface area contributed by atoms with Gasteiger partial charge in [0.15, 0.2) is 0 Å². The fraction of sp³-hybridized carbons (Fsp3) is 0.588. The predicted molar refractivity (Wildman–Crippen MR) is 88.9 cm³/mol. The van der Waals surface area contributed by atoms with Crippen molar-refractivity contribution in [3.63, 3.8) is 0 Å². The van der Waals surface area contributed by atoms with E-state index in [4.69, 9.17) is 4.74 Å². The van der Waals surface area contributed by atoms with E-state index in [1.165, 1.54) is 12.1 Å². The Bertz CT molecular complexity index is 524. The van der Waals surface area contributed by atoms with E-state index in [0.29, 0.717) is 6.54 Å². The highest BCUT2D eigenvalue weighted by atomic mass is 32.2. The highest BCUT2D eigenvalue weighted by Crippen LogP contribution is 2.26. The lowest BCUT2D eigenvalue weighted by Gasteiger charge is -2.28. The second-order valence-electron chi connectivity index (χ2n) is 6.86. The SMILES string of the molecule is CC(C)(C)OC(=O)C([C@@H]1CCNC1)[S+]([O-])Cc1ccc(F)cc1. The number of rotatable bonds is 5. The summed E-state index contributed by atoms with van der Waals surface area (Å²) in [5.74, 6) is -0.512. The van der Waals surface area contributed by atoms with Gasteiger partial charge in [-0.3, -0.25) is 0 Å². The third kappa shape index (κ3) is 5.48. The van der Waals surface area contributed by atoms with Crippen LogP contribution in [-0.4, -0.2) is 34.5 Å². The molecule has 0 aliphatic carbocycles. The summed E-state index contributed by atoms with van der Waals surface area (Å²) in [6, 6.07) is 5.89. The molecule has 0 aromatic heterocycles. The molecule has 1 aliphatic rings. The standard InChI is InChI=1S/C17H24FNO3S/c1-17(2,3)22-16(20)15(13-8-9-19-10-13)23(21)11-12-4-6-14(18)7-5-12/h4-7,13,15,19H,8-11H2,1-3H3/t13-,15?,23?/m1/s1. The van der Waals surface area contributed by atoms with Crippen molar-refractivity contribution in [2.24, 2.45) is 5.92 Å². The normalized spacial score (nSPS) is 21.0. The maximum Gasteiger partial charge on any atom is 0.360 e. The van der Waals surface area contributed by atoms with Gasteiger partial charge in [0.05, 0.1) is 0 Å². The molecular formula is C17H24FNO3S. The van der Waals surface area contributed by atoms with Gasteiger partial charge in [-0.1, -0.05) is 12.1 Å². The molecule has 128 valence electrons. The fourth-order valence-electron chi connectivity index (χ4n) is 2.64. The zero-order chi connectivity index (χ0) is 17.0. The second kappa shape index (κ2) is 7.64. The number of nitrogens with one attached hydrogen (secondary N) is 1. The molecule has 23 heavy (non-hydrogen) atoms. The summed E-state index contributed by atoms with van der Waals surface area (Å²) in [6.07, 6.45) is 0.805. The maximum absolute atomic E-state index is 13.0. The van der Waals surface area contributed by atoms with Gasteiger partial charge in [0.2, 0.25) is 5.25 Å². The molecule has 1 aromatic carbocycles. The van der Waals surface area contributed by atoms with Gasteiger partial charge in [-0.25, -0.2) is 9.18 Å². The van der Waals surface area contributed by atoms with Crippen LogP contribution in [0.4, 0.5) is 4.39 Å². The van der Waals surface area contributed by atoms with E-state index in [-0.39, 0.29) is 17.5 Å². The van der Waals surface area contributed by atoms with E-state index in [9.17, 15) is 13.7 Å². The van der Waals surface area contributed by atoms with Gasteiger partial charge in [0, 0.05) is 18.0 Å². The molecule has 1 fully saturated rings. The van der Waals surface area contributed by atoms with E-state index in [0.717, 1.165) is 18.5 Å². The zero-order valence-electron chi connectivity index (χ0n) is 13.8. The summed E-state index contributed by atoms with van der Waals surface area (Å²) in [7, 11) is 0. The van der Waals surface area contributed by atoms with Crippen LogP contribution in [0.2, 0.25) is 0 Å². The largest absolute Gasteiger partial charge is 0.615 e. The van der Waals surface area contributed by atoms with Gasteiger partial charge < -0.3 is 14.6 Å². The minimum Gasteiger partial charge on any atom is -0.615 e. The molecular weight excluding hydrogens is 317 g/mol. The Morgan fingerprint density at radius 3 is 2.61 bits per heavy atom. The molecule has 6 heteroatoms. The molecule has 1 N–H and O–H groups in total. The van der Waals surface area contributed by atoms with Crippen molar-refractivity contribution in [2.75, 3.05) is 13.1 Å². The molecule has 1 saturated heterocycles. The van der Waals surface area contributed by atoms with Crippen molar-refractivity contribution in [3.05, 3.63) is 35.6 Å². The first kappa shape index (κ1) is 18.2. The maximum atomic E-state index is 13.0. The van der Waals surface area contributed by atoms with Crippen LogP contribution in [0.1, 0.15) is 32.8 Å². The average Bonchev–Trinajstić information content (AvgIpc) is 2.93. The minimum absolute atomic E-state index is 0.00568. The van der Waals surface area contributed by atoms with Crippen molar-refractivity contribution in [1.82, 2.24) is 5.32 Å². The third-order valence-corrected chi connectivity index (χ3v) is 5.43. The van der Waals surface area contributed by atoms with E-state index in [2.05, 4.69) is 5.32 Å². The number of esters is 1. The first-order valence-electron chi connectivity index (χ1n) is 7.81. The molecule has 0 bridgehead atoms. The fourth-order valence-corrected chi connectivity index (χ4v) is 4.27. The van der Waals surface area contributed by atoms with Crippen LogP contribution in [0.15, 0.2) is 24.3 Å². The van der Waals surface area contributed by atoms with Gasteiger partial charge in [-0.15, -0.1) is 0 Å². The molecule has 0 saturated carbocycles. The van der Waals surface area contributed by atoms with Crippen LogP contribution >= 0.6 is 0 Å². The number of ether oxygens (including phenoxy) is 1. The average molecular weight is 341 g/mol. The second-order valence-corrected chi connectivity index (χ2v) is 8.42. The molecule has 2 unspecified atom stereocenters. The zero-order valence-corrected chi connectivity index (χ0v) is 14.6. The smallest absolute Gasteiger partial charge is 0.360 e. The number of hydrogen-bond donors (Lipinski definition) is 1. The number of carbonyl (C=O) groups is 1. The van der Waals surface area contributed by atoms with Gasteiger partial charge in [0.1, 0.15) is 17.2 Å². The van der Waals surface area contributed by atoms with Crippen molar-refractivity contribution in [3.8, 4) is 0 Å². The van der Waals surface area contributed by atoms with Crippen LogP contribution < -0.4 is 5.32 Å². The van der Waals surface area contributed by atoms with Crippen molar-refractivity contribution >= 4 is 17.1 Å². The monoisotopic (exact) mass is 341 g/mol. The molecule has 2 rings (SSSR count). The quantitative estimate of drug-likeness (QED) is 0.660. The molecule has 1 aliphatic heterocycles.